The van der Waals surface area contributed by atoms with Crippen molar-refractivity contribution in [1.82, 2.24) is 10.2 Å². The Morgan fingerprint density at radius 2 is 1.92 bits per heavy atom. The zero-order valence-corrected chi connectivity index (χ0v) is 7.43. The Kier molecular flexibility index (Phi) is 2.00. The molecule has 0 spiro atoms. The summed E-state index contributed by atoms with van der Waals surface area (Å²) in [6.45, 7) is 5.69. The highest BCUT2D eigenvalue weighted by Crippen LogP contribution is 2.24. The van der Waals surface area contributed by atoms with Crippen LogP contribution in [-0.4, -0.2) is 10.2 Å². The van der Waals surface area contributed by atoms with E-state index in [1.807, 2.05) is 20.8 Å². The van der Waals surface area contributed by atoms with Crippen molar-refractivity contribution >= 4 is 5.82 Å². The van der Waals surface area contributed by atoms with Crippen molar-refractivity contribution in [3.63, 3.8) is 0 Å². The fourth-order valence-corrected chi connectivity index (χ4v) is 0.918. The van der Waals surface area contributed by atoms with Gasteiger partial charge in [0.25, 0.3) is 0 Å². The molecule has 12 heavy (non-hydrogen) atoms. The van der Waals surface area contributed by atoms with Crippen molar-refractivity contribution in [1.29, 1.82) is 0 Å². The van der Waals surface area contributed by atoms with Crippen LogP contribution in [0.1, 0.15) is 26.3 Å². The Balaban J connectivity index is 3.23. The Hall–Kier alpha value is -1.19. The first-order valence-electron chi connectivity index (χ1n) is 3.70. The molecular formula is C8H12FN3. The summed E-state index contributed by atoms with van der Waals surface area (Å²) in [7, 11) is 0. The van der Waals surface area contributed by atoms with E-state index in [-0.39, 0.29) is 11.2 Å². The number of rotatable bonds is 0. The molecule has 4 heteroatoms. The molecule has 0 atom stereocenters. The van der Waals surface area contributed by atoms with Gasteiger partial charge in [-0.3, -0.25) is 0 Å². The monoisotopic (exact) mass is 169 g/mol. The first-order chi connectivity index (χ1) is 5.41. The molecule has 0 aliphatic heterocycles. The maximum atomic E-state index is 13.0. The second-order valence-corrected chi connectivity index (χ2v) is 3.72. The molecule has 0 bridgehead atoms. The van der Waals surface area contributed by atoms with Crippen LogP contribution in [0.15, 0.2) is 6.07 Å². The summed E-state index contributed by atoms with van der Waals surface area (Å²) in [5, 5.41) is 6.71. The minimum Gasteiger partial charge on any atom is -0.382 e. The van der Waals surface area contributed by atoms with Crippen LogP contribution >= 0.6 is 0 Å². The van der Waals surface area contributed by atoms with E-state index in [1.54, 1.807) is 0 Å². The van der Waals surface area contributed by atoms with E-state index in [9.17, 15) is 4.39 Å². The lowest BCUT2D eigenvalue weighted by molar-refractivity contribution is 0.488. The number of nitrogen functional groups attached to an aromatic ring is 1. The molecule has 0 radical (unpaired) electrons. The Morgan fingerprint density at radius 1 is 1.33 bits per heavy atom. The van der Waals surface area contributed by atoms with Gasteiger partial charge in [0.1, 0.15) is 5.82 Å². The first-order valence-corrected chi connectivity index (χ1v) is 3.70. The molecule has 66 valence electrons. The number of nitrogens with two attached hydrogens (primary N) is 1. The molecule has 0 fully saturated rings. The summed E-state index contributed by atoms with van der Waals surface area (Å²) in [6.07, 6.45) is 0. The molecule has 0 unspecified atom stereocenters. The Bertz CT molecular complexity index is 291. The molecule has 0 saturated carbocycles. The fraction of sp³-hybridized carbons (Fsp3) is 0.500. The maximum Gasteiger partial charge on any atom is 0.237 e. The predicted octanol–water partition coefficient (Wildman–Crippen LogP) is 1.50. The Morgan fingerprint density at radius 3 is 2.33 bits per heavy atom. The van der Waals surface area contributed by atoms with Gasteiger partial charge >= 0.3 is 0 Å². The number of hydrogen-bond acceptors (Lipinski definition) is 3. The summed E-state index contributed by atoms with van der Waals surface area (Å²) in [6, 6.07) is 1.52. The standard InChI is InChI=1S/C8H12FN3/c1-8(2,3)5-4-6(10)11-12-7(5)9/h4H,1-3H3,(H2,10,11). The number of nitrogens with zero attached hydrogens (tertiary/aromatic N) is 2. The third-order valence-corrected chi connectivity index (χ3v) is 1.58. The van der Waals surface area contributed by atoms with E-state index in [0.29, 0.717) is 5.56 Å². The minimum absolute atomic E-state index is 0.251. The van der Waals surface area contributed by atoms with Gasteiger partial charge in [-0.15, -0.1) is 10.2 Å². The molecule has 1 aromatic heterocycles. The second-order valence-electron chi connectivity index (χ2n) is 3.72. The number of hydrogen-bond donors (Lipinski definition) is 1. The van der Waals surface area contributed by atoms with Gasteiger partial charge in [-0.05, 0) is 11.5 Å². The van der Waals surface area contributed by atoms with Gasteiger partial charge in [0.2, 0.25) is 5.95 Å². The smallest absolute Gasteiger partial charge is 0.237 e. The lowest BCUT2D eigenvalue weighted by atomic mass is 9.88. The summed E-state index contributed by atoms with van der Waals surface area (Å²) in [4.78, 5) is 0. The normalized spacial score (nSPS) is 11.7. The van der Waals surface area contributed by atoms with E-state index in [4.69, 9.17) is 5.73 Å². The van der Waals surface area contributed by atoms with E-state index < -0.39 is 5.95 Å². The second kappa shape index (κ2) is 2.69. The zero-order chi connectivity index (χ0) is 9.35. The molecule has 0 aliphatic rings. The fourth-order valence-electron chi connectivity index (χ4n) is 0.918. The lowest BCUT2D eigenvalue weighted by Crippen LogP contribution is -2.16. The molecule has 1 heterocycles. The quantitative estimate of drug-likeness (QED) is 0.640. The molecular weight excluding hydrogens is 157 g/mol. The van der Waals surface area contributed by atoms with Gasteiger partial charge in [0.05, 0.1) is 0 Å². The average molecular weight is 169 g/mol. The maximum absolute atomic E-state index is 13.0. The highest BCUT2D eigenvalue weighted by molar-refractivity contribution is 5.33. The van der Waals surface area contributed by atoms with Crippen molar-refractivity contribution in [2.24, 2.45) is 0 Å². The van der Waals surface area contributed by atoms with Gasteiger partial charge in [-0.1, -0.05) is 20.8 Å². The zero-order valence-electron chi connectivity index (χ0n) is 7.43. The molecule has 1 aromatic rings. The summed E-state index contributed by atoms with van der Waals surface area (Å²) < 4.78 is 13.0. The van der Waals surface area contributed by atoms with E-state index in [1.165, 1.54) is 6.07 Å². The van der Waals surface area contributed by atoms with Crippen LogP contribution in [0.3, 0.4) is 0 Å². The van der Waals surface area contributed by atoms with Gasteiger partial charge in [-0.25, -0.2) is 0 Å². The number of anilines is 1. The highest BCUT2D eigenvalue weighted by Gasteiger charge is 2.19. The van der Waals surface area contributed by atoms with Crippen molar-refractivity contribution in [2.75, 3.05) is 5.73 Å². The van der Waals surface area contributed by atoms with Crippen molar-refractivity contribution in [2.45, 2.75) is 26.2 Å². The Labute approximate surface area is 70.8 Å². The number of aromatic nitrogens is 2. The third kappa shape index (κ3) is 1.69. The van der Waals surface area contributed by atoms with Gasteiger partial charge in [0, 0.05) is 5.56 Å². The molecule has 0 aliphatic carbocycles. The topological polar surface area (TPSA) is 51.8 Å². The van der Waals surface area contributed by atoms with Crippen molar-refractivity contribution < 1.29 is 4.39 Å². The third-order valence-electron chi connectivity index (χ3n) is 1.58. The van der Waals surface area contributed by atoms with Crippen LogP contribution in [-0.2, 0) is 5.41 Å². The highest BCUT2D eigenvalue weighted by atomic mass is 19.1. The van der Waals surface area contributed by atoms with E-state index >= 15 is 0 Å². The van der Waals surface area contributed by atoms with E-state index in [2.05, 4.69) is 10.2 Å². The van der Waals surface area contributed by atoms with Gasteiger partial charge in [-0.2, -0.15) is 4.39 Å². The van der Waals surface area contributed by atoms with Crippen LogP contribution in [0.25, 0.3) is 0 Å². The van der Waals surface area contributed by atoms with Crippen LogP contribution in [0, 0.1) is 5.95 Å². The van der Waals surface area contributed by atoms with Gasteiger partial charge < -0.3 is 5.73 Å². The number of halogens is 1. The van der Waals surface area contributed by atoms with Gasteiger partial charge in [0.15, 0.2) is 0 Å². The van der Waals surface area contributed by atoms with Crippen LogP contribution < -0.4 is 5.73 Å². The lowest BCUT2D eigenvalue weighted by Gasteiger charge is -2.18. The molecule has 2 N–H and O–H groups in total. The SMILES string of the molecule is CC(C)(C)c1cc(N)nnc1F. The van der Waals surface area contributed by atoms with Crippen molar-refractivity contribution in [3.8, 4) is 0 Å². The van der Waals surface area contributed by atoms with Crippen LogP contribution in [0.5, 0.6) is 0 Å². The molecule has 0 aromatic carbocycles. The average Bonchev–Trinajstić information content (AvgIpc) is 1.92. The molecule has 1 rings (SSSR count). The first kappa shape index (κ1) is 8.90. The predicted molar refractivity (Wildman–Crippen MR) is 45.1 cm³/mol. The largest absolute Gasteiger partial charge is 0.382 e. The molecule has 0 amide bonds. The molecule has 0 saturated heterocycles. The summed E-state index contributed by atoms with van der Waals surface area (Å²) >= 11 is 0. The summed E-state index contributed by atoms with van der Waals surface area (Å²) in [5.74, 6) is -0.293. The minimum atomic E-state index is -0.545. The van der Waals surface area contributed by atoms with E-state index in [0.717, 1.165) is 0 Å². The van der Waals surface area contributed by atoms with Crippen LogP contribution in [0.4, 0.5) is 10.2 Å². The summed E-state index contributed by atoms with van der Waals surface area (Å²) in [5.41, 5.74) is 5.60. The van der Waals surface area contributed by atoms with Crippen molar-refractivity contribution in [3.05, 3.63) is 17.6 Å². The molecule has 3 nitrogen and oxygen atoms in total. The van der Waals surface area contributed by atoms with Crippen LogP contribution in [0.2, 0.25) is 0 Å².